The van der Waals surface area contributed by atoms with Crippen LogP contribution in [-0.4, -0.2) is 66.4 Å². The van der Waals surface area contributed by atoms with Gasteiger partial charge in [0, 0.05) is 19.6 Å². The second kappa shape index (κ2) is 6.43. The molecule has 1 fully saturated rings. The highest BCUT2D eigenvalue weighted by molar-refractivity contribution is 7.87. The Hall–Kier alpha value is -0.740. The van der Waals surface area contributed by atoms with E-state index < -0.39 is 34.8 Å². The van der Waals surface area contributed by atoms with E-state index in [1.807, 2.05) is 0 Å². The summed E-state index contributed by atoms with van der Waals surface area (Å²) in [6, 6.07) is 0. The molecule has 1 rings (SSSR count). The summed E-state index contributed by atoms with van der Waals surface area (Å²) in [6.45, 7) is -0.510. The first kappa shape index (κ1) is 15.3. The van der Waals surface area contributed by atoms with Crippen LogP contribution in [0.3, 0.4) is 0 Å². The fourth-order valence-electron chi connectivity index (χ4n) is 1.70. The summed E-state index contributed by atoms with van der Waals surface area (Å²) in [4.78, 5) is 10.7. The Morgan fingerprint density at radius 3 is 2.39 bits per heavy atom. The van der Waals surface area contributed by atoms with Crippen molar-refractivity contribution in [2.75, 3.05) is 26.2 Å². The number of aliphatic hydroxyl groups is 2. The zero-order valence-electron chi connectivity index (χ0n) is 9.82. The molecule has 9 heteroatoms. The molecule has 1 aliphatic rings. The van der Waals surface area contributed by atoms with Crippen LogP contribution in [0, 0.1) is 5.92 Å². The predicted molar refractivity (Wildman–Crippen MR) is 61.9 cm³/mol. The van der Waals surface area contributed by atoms with Crippen molar-refractivity contribution in [3.63, 3.8) is 0 Å². The van der Waals surface area contributed by atoms with Crippen molar-refractivity contribution in [3.8, 4) is 0 Å². The van der Waals surface area contributed by atoms with Gasteiger partial charge in [-0.3, -0.25) is 4.79 Å². The first-order chi connectivity index (χ1) is 8.36. The Labute approximate surface area is 105 Å². The van der Waals surface area contributed by atoms with Gasteiger partial charge in [0.1, 0.15) is 0 Å². The quantitative estimate of drug-likeness (QED) is 0.445. The maximum Gasteiger partial charge on any atom is 0.306 e. The van der Waals surface area contributed by atoms with E-state index in [0.29, 0.717) is 0 Å². The summed E-state index contributed by atoms with van der Waals surface area (Å²) in [5.41, 5.74) is 0. The highest BCUT2D eigenvalue weighted by Crippen LogP contribution is 2.18. The largest absolute Gasteiger partial charge is 0.481 e. The number of hydrogen-bond acceptors (Lipinski definition) is 5. The van der Waals surface area contributed by atoms with Gasteiger partial charge in [0.05, 0.1) is 18.6 Å². The van der Waals surface area contributed by atoms with Crippen molar-refractivity contribution in [3.05, 3.63) is 0 Å². The van der Waals surface area contributed by atoms with E-state index in [1.54, 1.807) is 0 Å². The Kier molecular flexibility index (Phi) is 5.47. The fourth-order valence-corrected chi connectivity index (χ4v) is 2.98. The molecule has 8 nitrogen and oxygen atoms in total. The molecule has 1 aliphatic heterocycles. The molecule has 0 radical (unpaired) electrons. The monoisotopic (exact) mass is 282 g/mol. The summed E-state index contributed by atoms with van der Waals surface area (Å²) >= 11 is 0. The molecule has 1 atom stereocenters. The molecule has 1 saturated heterocycles. The van der Waals surface area contributed by atoms with E-state index in [4.69, 9.17) is 15.3 Å². The van der Waals surface area contributed by atoms with Gasteiger partial charge in [0.2, 0.25) is 0 Å². The number of aliphatic hydroxyl groups excluding tert-OH is 2. The minimum Gasteiger partial charge on any atom is -0.481 e. The second-order valence-electron chi connectivity index (χ2n) is 4.20. The molecule has 0 spiro atoms. The molecule has 0 aliphatic carbocycles. The number of rotatable bonds is 6. The third-order valence-electron chi connectivity index (χ3n) is 2.86. The normalized spacial score (nSPS) is 20.8. The Balaban J connectivity index is 2.48. The molecule has 0 aromatic rings. The van der Waals surface area contributed by atoms with Crippen LogP contribution in [0.2, 0.25) is 0 Å². The average molecular weight is 282 g/mol. The summed E-state index contributed by atoms with van der Waals surface area (Å²) in [6.07, 6.45) is -0.589. The van der Waals surface area contributed by atoms with Crippen LogP contribution in [0.25, 0.3) is 0 Å². The second-order valence-corrected chi connectivity index (χ2v) is 5.96. The molecule has 0 aromatic heterocycles. The topological polar surface area (TPSA) is 127 Å². The third-order valence-corrected chi connectivity index (χ3v) is 4.43. The predicted octanol–water partition coefficient (Wildman–Crippen LogP) is -2.03. The van der Waals surface area contributed by atoms with Crippen LogP contribution in [-0.2, 0) is 15.0 Å². The van der Waals surface area contributed by atoms with Gasteiger partial charge in [-0.05, 0) is 12.8 Å². The van der Waals surface area contributed by atoms with Crippen LogP contribution < -0.4 is 4.72 Å². The fraction of sp³-hybridized carbons (Fsp3) is 0.889. The lowest BCUT2D eigenvalue weighted by atomic mass is 9.99. The number of aliphatic carboxylic acids is 1. The number of carboxylic acid groups (broad SMARTS) is 1. The zero-order chi connectivity index (χ0) is 13.8. The molecule has 106 valence electrons. The average Bonchev–Trinajstić information content (AvgIpc) is 2.36. The van der Waals surface area contributed by atoms with Crippen LogP contribution in [0.4, 0.5) is 0 Å². The van der Waals surface area contributed by atoms with Crippen molar-refractivity contribution in [1.29, 1.82) is 0 Å². The highest BCUT2D eigenvalue weighted by Gasteiger charge is 2.30. The van der Waals surface area contributed by atoms with Crippen molar-refractivity contribution in [2.45, 2.75) is 18.9 Å². The van der Waals surface area contributed by atoms with Gasteiger partial charge in [-0.2, -0.15) is 17.4 Å². The summed E-state index contributed by atoms with van der Waals surface area (Å²) in [5, 5.41) is 26.4. The molecule has 0 bridgehead atoms. The van der Waals surface area contributed by atoms with Crippen LogP contribution >= 0.6 is 0 Å². The van der Waals surface area contributed by atoms with Crippen LogP contribution in [0.5, 0.6) is 0 Å². The number of nitrogens with zero attached hydrogens (tertiary/aromatic N) is 1. The smallest absolute Gasteiger partial charge is 0.306 e. The third kappa shape index (κ3) is 4.18. The molecule has 0 saturated carbocycles. The molecule has 4 N–H and O–H groups in total. The number of carboxylic acids is 1. The lowest BCUT2D eigenvalue weighted by Gasteiger charge is -2.29. The molecule has 1 heterocycles. The van der Waals surface area contributed by atoms with Gasteiger partial charge in [0.15, 0.2) is 0 Å². The van der Waals surface area contributed by atoms with Gasteiger partial charge in [-0.1, -0.05) is 0 Å². The lowest BCUT2D eigenvalue weighted by Crippen LogP contribution is -2.47. The Morgan fingerprint density at radius 1 is 1.39 bits per heavy atom. The number of carbonyl (C=O) groups is 1. The van der Waals surface area contributed by atoms with E-state index >= 15 is 0 Å². The molecular formula is C9H18N2O6S. The molecular weight excluding hydrogens is 264 g/mol. The lowest BCUT2D eigenvalue weighted by molar-refractivity contribution is -0.142. The summed E-state index contributed by atoms with van der Waals surface area (Å²) < 4.78 is 26.8. The van der Waals surface area contributed by atoms with Crippen molar-refractivity contribution in [1.82, 2.24) is 9.03 Å². The molecule has 18 heavy (non-hydrogen) atoms. The first-order valence-electron chi connectivity index (χ1n) is 5.63. The summed E-state index contributed by atoms with van der Waals surface area (Å²) in [5.74, 6) is -1.41. The number of piperidine rings is 1. The Bertz CT molecular complexity index is 377. The minimum atomic E-state index is -3.72. The van der Waals surface area contributed by atoms with Gasteiger partial charge < -0.3 is 15.3 Å². The van der Waals surface area contributed by atoms with Gasteiger partial charge in [-0.15, -0.1) is 0 Å². The van der Waals surface area contributed by atoms with E-state index in [1.165, 1.54) is 0 Å². The van der Waals surface area contributed by atoms with Gasteiger partial charge in [0.25, 0.3) is 10.2 Å². The first-order valence-corrected chi connectivity index (χ1v) is 7.07. The van der Waals surface area contributed by atoms with E-state index in [2.05, 4.69) is 4.72 Å². The highest BCUT2D eigenvalue weighted by atomic mass is 32.2. The van der Waals surface area contributed by atoms with Gasteiger partial charge >= 0.3 is 5.97 Å². The van der Waals surface area contributed by atoms with Crippen molar-refractivity contribution < 1.29 is 28.5 Å². The van der Waals surface area contributed by atoms with Crippen molar-refractivity contribution >= 4 is 16.2 Å². The standard InChI is InChI=1S/C9H18N2O6S/c12-6-8(13)5-10-18(16,17)11-3-1-7(2-4-11)9(14)15/h7-8,10,12-13H,1-6H2,(H,14,15). The van der Waals surface area contributed by atoms with E-state index in [-0.39, 0.29) is 32.5 Å². The minimum absolute atomic E-state index is 0.140. The molecule has 0 aromatic carbocycles. The van der Waals surface area contributed by atoms with E-state index in [9.17, 15) is 13.2 Å². The zero-order valence-corrected chi connectivity index (χ0v) is 10.6. The molecule has 1 unspecified atom stereocenters. The Morgan fingerprint density at radius 2 is 1.94 bits per heavy atom. The van der Waals surface area contributed by atoms with Crippen LogP contribution in [0.1, 0.15) is 12.8 Å². The maximum atomic E-state index is 11.8. The summed E-state index contributed by atoms with van der Waals surface area (Å²) in [7, 11) is -3.72. The van der Waals surface area contributed by atoms with Gasteiger partial charge in [-0.25, -0.2) is 0 Å². The SMILES string of the molecule is O=C(O)C1CCN(S(=O)(=O)NCC(O)CO)CC1. The maximum absolute atomic E-state index is 11.8. The number of nitrogens with one attached hydrogen (secondary N) is 1. The van der Waals surface area contributed by atoms with Crippen LogP contribution in [0.15, 0.2) is 0 Å². The van der Waals surface area contributed by atoms with E-state index in [0.717, 1.165) is 4.31 Å². The molecule has 0 amide bonds. The van der Waals surface area contributed by atoms with Crippen molar-refractivity contribution in [2.24, 2.45) is 5.92 Å². The number of hydrogen-bond donors (Lipinski definition) is 4.